The van der Waals surface area contributed by atoms with Crippen molar-refractivity contribution in [2.24, 2.45) is 0 Å². The number of halogens is 2. The molecule has 0 saturated carbocycles. The van der Waals surface area contributed by atoms with Crippen LogP contribution < -0.4 is 17.0 Å². The van der Waals surface area contributed by atoms with E-state index in [2.05, 4.69) is 15.0 Å². The number of nitrogens with one attached hydrogen (secondary N) is 1. The molecule has 2 aliphatic heterocycles. The molecule has 0 spiro atoms. The first-order valence-electron chi connectivity index (χ1n) is 10.8. The number of aliphatic hydroxyl groups is 5. The lowest BCUT2D eigenvalue weighted by molar-refractivity contribution is -0.0511. The Balaban J connectivity index is 0.000000176. The van der Waals surface area contributed by atoms with Crippen molar-refractivity contribution < 1.29 is 43.8 Å². The van der Waals surface area contributed by atoms with Crippen LogP contribution in [0.1, 0.15) is 18.9 Å². The van der Waals surface area contributed by atoms with Crippen LogP contribution in [-0.2, 0) is 9.47 Å². The molecule has 5 heterocycles. The predicted octanol–water partition coefficient (Wildman–Crippen LogP) is -3.52. The molecule has 0 unspecified atom stereocenters. The molecule has 3 aromatic heterocycles. The molecule has 0 aromatic carbocycles. The third-order valence-corrected chi connectivity index (χ3v) is 5.83. The summed E-state index contributed by atoms with van der Waals surface area (Å²) in [4.78, 5) is 34.8. The first-order chi connectivity index (χ1) is 17.5. The molecule has 8 N–H and O–H groups in total. The van der Waals surface area contributed by atoms with Crippen LogP contribution in [0.4, 0.5) is 14.6 Å². The first-order valence-corrected chi connectivity index (χ1v) is 10.8. The van der Waals surface area contributed by atoms with E-state index in [4.69, 9.17) is 25.4 Å². The number of H-pyrrole nitrogens is 1. The Hall–Kier alpha value is -3.39. The highest BCUT2D eigenvalue weighted by molar-refractivity contribution is 5.81. The number of nitrogens with two attached hydrogens (primary N) is 1. The standard InChI is InChI=1S/C10H12FN5O4.C9H11FN2O5/c11-10-14-7(12)4-8(15-10)16(2-13-4)9-6(19)5(18)3(1-17)20-9;10-4-2-12(9(16)11-8(4)15)7-1-5(14)6(3-13)17-7/h2-3,5-6,9,17-19H,1H2,(H2,12,14,15);2,5-7,13-14H,1,3H2,(H,11,15,16)/t3-,5-,6+,9-;5-,6+,7+/m10/s1. The number of nitrogens with zero attached hydrogens (tertiary/aromatic N) is 5. The fourth-order valence-electron chi connectivity index (χ4n) is 3.93. The Morgan fingerprint density at radius 1 is 1.05 bits per heavy atom. The van der Waals surface area contributed by atoms with Crippen LogP contribution in [0.15, 0.2) is 22.1 Å². The van der Waals surface area contributed by atoms with Gasteiger partial charge >= 0.3 is 11.8 Å². The highest BCUT2D eigenvalue weighted by Gasteiger charge is 2.44. The van der Waals surface area contributed by atoms with Gasteiger partial charge in [0.2, 0.25) is 5.82 Å². The van der Waals surface area contributed by atoms with Gasteiger partial charge in [-0.1, -0.05) is 0 Å². The van der Waals surface area contributed by atoms with E-state index in [0.717, 1.165) is 10.8 Å². The van der Waals surface area contributed by atoms with Crippen LogP contribution in [0.2, 0.25) is 0 Å². The van der Waals surface area contributed by atoms with E-state index in [-0.39, 0.29) is 23.4 Å². The summed E-state index contributed by atoms with van der Waals surface area (Å²) >= 11 is 0. The third-order valence-electron chi connectivity index (χ3n) is 5.83. The van der Waals surface area contributed by atoms with Gasteiger partial charge < -0.3 is 40.7 Å². The molecule has 0 radical (unpaired) electrons. The van der Waals surface area contributed by atoms with Crippen LogP contribution in [0, 0.1) is 11.9 Å². The summed E-state index contributed by atoms with van der Waals surface area (Å²) in [5.74, 6) is -1.26. The van der Waals surface area contributed by atoms with E-state index in [1.54, 1.807) is 4.98 Å². The third kappa shape index (κ3) is 5.07. The van der Waals surface area contributed by atoms with Crippen LogP contribution in [0.3, 0.4) is 0 Å². The predicted molar refractivity (Wildman–Crippen MR) is 116 cm³/mol. The smallest absolute Gasteiger partial charge is 0.330 e. The second-order valence-corrected chi connectivity index (χ2v) is 8.19. The van der Waals surface area contributed by atoms with E-state index < -0.39 is 79.3 Å². The van der Waals surface area contributed by atoms with Crippen molar-refractivity contribution in [1.29, 1.82) is 0 Å². The topological polar surface area (TPSA) is 244 Å². The Morgan fingerprint density at radius 3 is 2.38 bits per heavy atom. The van der Waals surface area contributed by atoms with Gasteiger partial charge in [0.05, 0.1) is 31.8 Å². The number of aromatic nitrogens is 6. The molecule has 0 amide bonds. The molecule has 2 aliphatic rings. The molecule has 202 valence electrons. The summed E-state index contributed by atoms with van der Waals surface area (Å²) in [6.45, 7) is -0.870. The lowest BCUT2D eigenvalue weighted by atomic mass is 10.1. The number of aliphatic hydroxyl groups excluding tert-OH is 5. The number of ether oxygens (including phenoxy) is 2. The zero-order valence-corrected chi connectivity index (χ0v) is 18.8. The van der Waals surface area contributed by atoms with Gasteiger partial charge in [0.15, 0.2) is 23.2 Å². The van der Waals surface area contributed by atoms with Crippen molar-refractivity contribution in [3.8, 4) is 0 Å². The number of aromatic amines is 1. The van der Waals surface area contributed by atoms with Crippen molar-refractivity contribution in [2.75, 3.05) is 18.9 Å². The molecule has 0 bridgehead atoms. The van der Waals surface area contributed by atoms with Crippen molar-refractivity contribution in [1.82, 2.24) is 29.1 Å². The number of hydrogen-bond donors (Lipinski definition) is 7. The Bertz CT molecular complexity index is 1380. The minimum Gasteiger partial charge on any atom is -0.394 e. The van der Waals surface area contributed by atoms with Gasteiger partial charge in [0.25, 0.3) is 5.56 Å². The number of fused-ring (bicyclic) bond motifs is 1. The largest absolute Gasteiger partial charge is 0.394 e. The highest BCUT2D eigenvalue weighted by Crippen LogP contribution is 2.32. The fourth-order valence-corrected chi connectivity index (χ4v) is 3.93. The molecule has 2 fully saturated rings. The first kappa shape index (κ1) is 26.7. The molecule has 3 aromatic rings. The molecule has 16 nitrogen and oxygen atoms in total. The molecule has 7 atom stereocenters. The fraction of sp³-hybridized carbons (Fsp3) is 0.526. The van der Waals surface area contributed by atoms with E-state index in [9.17, 15) is 33.7 Å². The van der Waals surface area contributed by atoms with E-state index >= 15 is 0 Å². The molecule has 0 aliphatic carbocycles. The Morgan fingerprint density at radius 2 is 1.76 bits per heavy atom. The summed E-state index contributed by atoms with van der Waals surface area (Å²) in [6.07, 6.45) is -6.28. The molecule has 18 heteroatoms. The number of anilines is 1. The quantitative estimate of drug-likeness (QED) is 0.162. The molecular weight excluding hydrogens is 508 g/mol. The van der Waals surface area contributed by atoms with E-state index in [0.29, 0.717) is 0 Å². The summed E-state index contributed by atoms with van der Waals surface area (Å²) in [6, 6.07) is 0. The minimum atomic E-state index is -1.32. The van der Waals surface area contributed by atoms with Gasteiger partial charge in [-0.25, -0.2) is 9.78 Å². The van der Waals surface area contributed by atoms with E-state index in [1.807, 2.05) is 0 Å². The lowest BCUT2D eigenvalue weighted by Crippen LogP contribution is -2.34. The number of hydrogen-bond acceptors (Lipinski definition) is 13. The maximum atomic E-state index is 13.2. The molecular formula is C19H23F2N7O9. The maximum Gasteiger partial charge on any atom is 0.330 e. The summed E-state index contributed by atoms with van der Waals surface area (Å²) in [5, 5.41) is 47.0. The van der Waals surface area contributed by atoms with Crippen molar-refractivity contribution >= 4 is 17.0 Å². The average molecular weight is 531 g/mol. The summed E-state index contributed by atoms with van der Waals surface area (Å²) < 4.78 is 38.8. The number of rotatable bonds is 4. The monoisotopic (exact) mass is 531 g/mol. The lowest BCUT2D eigenvalue weighted by Gasteiger charge is -2.16. The highest BCUT2D eigenvalue weighted by atomic mass is 19.1. The van der Waals surface area contributed by atoms with Crippen molar-refractivity contribution in [2.45, 2.75) is 49.4 Å². The van der Waals surface area contributed by atoms with Gasteiger partial charge in [-0.05, 0) is 0 Å². The second kappa shape index (κ2) is 10.5. The normalized spacial score (nSPS) is 29.4. The van der Waals surface area contributed by atoms with Crippen molar-refractivity contribution in [3.63, 3.8) is 0 Å². The van der Waals surface area contributed by atoms with Crippen LogP contribution >= 0.6 is 0 Å². The van der Waals surface area contributed by atoms with Gasteiger partial charge in [0, 0.05) is 6.42 Å². The van der Waals surface area contributed by atoms with Gasteiger partial charge in [-0.3, -0.25) is 18.9 Å². The summed E-state index contributed by atoms with van der Waals surface area (Å²) in [7, 11) is 0. The zero-order chi connectivity index (χ0) is 27.0. The van der Waals surface area contributed by atoms with Crippen molar-refractivity contribution in [3.05, 3.63) is 45.3 Å². The Kier molecular flexibility index (Phi) is 7.59. The second-order valence-electron chi connectivity index (χ2n) is 8.19. The van der Waals surface area contributed by atoms with Crippen LogP contribution in [0.5, 0.6) is 0 Å². The van der Waals surface area contributed by atoms with Crippen LogP contribution in [-0.4, -0.2) is 98.3 Å². The van der Waals surface area contributed by atoms with E-state index in [1.165, 1.54) is 10.9 Å². The van der Waals surface area contributed by atoms with Gasteiger partial charge in [-0.15, -0.1) is 0 Å². The van der Waals surface area contributed by atoms with Gasteiger partial charge in [0.1, 0.15) is 30.6 Å². The zero-order valence-electron chi connectivity index (χ0n) is 18.8. The SMILES string of the molecule is Nc1nc(F)nc2c1ncn2[C@@H]1O[C@H](CO)[C@@H](O)[C@@H]1O.O=c1[nH]c(=O)n([C@H]2C[C@H](O)[C@@H](CO)O2)cc1F. The maximum absolute atomic E-state index is 13.2. The molecule has 2 saturated heterocycles. The number of nitrogen functional groups attached to an aromatic ring is 1. The molecule has 5 rings (SSSR count). The number of imidazole rings is 1. The average Bonchev–Trinajstić information content (AvgIpc) is 3.52. The molecule has 37 heavy (non-hydrogen) atoms. The van der Waals surface area contributed by atoms with Crippen LogP contribution in [0.25, 0.3) is 11.2 Å². The van der Waals surface area contributed by atoms with Gasteiger partial charge in [-0.2, -0.15) is 18.7 Å². The minimum absolute atomic E-state index is 0.0323. The Labute approximate surface area is 204 Å². The summed E-state index contributed by atoms with van der Waals surface area (Å²) in [5.41, 5.74) is 3.78.